The molecule has 68 valence electrons. The summed E-state index contributed by atoms with van der Waals surface area (Å²) in [5, 5.41) is 0. The third-order valence-corrected chi connectivity index (χ3v) is 2.05. The monoisotopic (exact) mass is 169 g/mol. The van der Waals surface area contributed by atoms with Crippen molar-refractivity contribution in [1.29, 1.82) is 0 Å². The molecule has 0 aromatic carbocycles. The number of primary amides is 1. The predicted octanol–water partition coefficient (Wildman–Crippen LogP) is 0.987. The van der Waals surface area contributed by atoms with Crippen molar-refractivity contribution in [1.82, 2.24) is 0 Å². The van der Waals surface area contributed by atoms with E-state index in [1.54, 1.807) is 6.92 Å². The molecule has 1 atom stereocenters. The van der Waals surface area contributed by atoms with Crippen molar-refractivity contribution in [2.75, 3.05) is 6.61 Å². The number of allylic oxidation sites excluding steroid dienone is 1. The Labute approximate surface area is 72.6 Å². The van der Waals surface area contributed by atoms with Crippen LogP contribution in [0.15, 0.2) is 11.6 Å². The molecule has 0 aromatic rings. The van der Waals surface area contributed by atoms with Crippen molar-refractivity contribution in [2.24, 2.45) is 5.73 Å². The summed E-state index contributed by atoms with van der Waals surface area (Å²) in [5.41, 5.74) is 6.33. The number of amides is 1. The minimum absolute atomic E-state index is 0.395. The van der Waals surface area contributed by atoms with Crippen LogP contribution in [0.1, 0.15) is 26.2 Å². The minimum atomic E-state index is -0.466. The SMILES string of the molecule is C[C@H](OCC1=CCCC1)C(N)=O. The Hall–Kier alpha value is -0.830. The van der Waals surface area contributed by atoms with E-state index < -0.39 is 12.0 Å². The third-order valence-electron chi connectivity index (χ3n) is 2.05. The second-order valence-electron chi connectivity index (χ2n) is 3.11. The zero-order valence-corrected chi connectivity index (χ0v) is 7.38. The van der Waals surface area contributed by atoms with Crippen molar-refractivity contribution < 1.29 is 9.53 Å². The van der Waals surface area contributed by atoms with Crippen LogP contribution in [-0.4, -0.2) is 18.6 Å². The van der Waals surface area contributed by atoms with Gasteiger partial charge in [-0.15, -0.1) is 0 Å². The Kier molecular flexibility index (Phi) is 3.29. The van der Waals surface area contributed by atoms with Crippen LogP contribution in [0.3, 0.4) is 0 Å². The lowest BCUT2D eigenvalue weighted by Crippen LogP contribution is -2.28. The van der Waals surface area contributed by atoms with Crippen molar-refractivity contribution in [3.63, 3.8) is 0 Å². The highest BCUT2D eigenvalue weighted by Crippen LogP contribution is 2.17. The van der Waals surface area contributed by atoms with Gasteiger partial charge in [-0.25, -0.2) is 0 Å². The molecule has 1 aliphatic carbocycles. The first kappa shape index (κ1) is 9.26. The number of carbonyl (C=O) groups excluding carboxylic acids is 1. The normalized spacial score (nSPS) is 18.9. The lowest BCUT2D eigenvalue weighted by molar-refractivity contribution is -0.127. The Morgan fingerprint density at radius 3 is 3.08 bits per heavy atom. The molecule has 0 saturated carbocycles. The van der Waals surface area contributed by atoms with E-state index in [0.29, 0.717) is 6.61 Å². The summed E-state index contributed by atoms with van der Waals surface area (Å²) in [5.74, 6) is -0.395. The summed E-state index contributed by atoms with van der Waals surface area (Å²) in [6, 6.07) is 0. The molecule has 0 spiro atoms. The van der Waals surface area contributed by atoms with E-state index in [2.05, 4.69) is 6.08 Å². The molecule has 0 aliphatic heterocycles. The maximum Gasteiger partial charge on any atom is 0.246 e. The molecule has 1 rings (SSSR count). The van der Waals surface area contributed by atoms with Gasteiger partial charge in [0, 0.05) is 0 Å². The highest BCUT2D eigenvalue weighted by atomic mass is 16.5. The fourth-order valence-corrected chi connectivity index (χ4v) is 1.18. The zero-order valence-electron chi connectivity index (χ0n) is 7.38. The van der Waals surface area contributed by atoms with Gasteiger partial charge in [0.25, 0.3) is 0 Å². The van der Waals surface area contributed by atoms with Gasteiger partial charge in [-0.3, -0.25) is 4.79 Å². The van der Waals surface area contributed by atoms with Crippen LogP contribution in [0.5, 0.6) is 0 Å². The molecular formula is C9H15NO2. The quantitative estimate of drug-likeness (QED) is 0.638. The smallest absolute Gasteiger partial charge is 0.246 e. The van der Waals surface area contributed by atoms with Gasteiger partial charge in [-0.2, -0.15) is 0 Å². The molecule has 0 radical (unpaired) electrons. The van der Waals surface area contributed by atoms with Crippen LogP contribution in [0.25, 0.3) is 0 Å². The van der Waals surface area contributed by atoms with E-state index in [-0.39, 0.29) is 0 Å². The van der Waals surface area contributed by atoms with E-state index in [4.69, 9.17) is 10.5 Å². The van der Waals surface area contributed by atoms with Crippen molar-refractivity contribution in [2.45, 2.75) is 32.3 Å². The van der Waals surface area contributed by atoms with Gasteiger partial charge in [0.05, 0.1) is 6.61 Å². The summed E-state index contributed by atoms with van der Waals surface area (Å²) in [6.45, 7) is 2.24. The molecule has 1 amide bonds. The van der Waals surface area contributed by atoms with Crippen LogP contribution >= 0.6 is 0 Å². The average Bonchev–Trinajstić information content (AvgIpc) is 2.51. The van der Waals surface area contributed by atoms with Crippen molar-refractivity contribution in [3.8, 4) is 0 Å². The first-order valence-electron chi connectivity index (χ1n) is 4.29. The molecule has 0 fully saturated rings. The van der Waals surface area contributed by atoms with E-state index in [0.717, 1.165) is 12.8 Å². The molecule has 1 aliphatic rings. The molecule has 2 N–H and O–H groups in total. The fourth-order valence-electron chi connectivity index (χ4n) is 1.18. The number of nitrogens with two attached hydrogens (primary N) is 1. The van der Waals surface area contributed by atoms with Crippen molar-refractivity contribution in [3.05, 3.63) is 11.6 Å². The Balaban J connectivity index is 2.20. The molecule has 0 heterocycles. The number of carbonyl (C=O) groups is 1. The van der Waals surface area contributed by atoms with Gasteiger partial charge < -0.3 is 10.5 Å². The maximum atomic E-state index is 10.6. The average molecular weight is 169 g/mol. The maximum absolute atomic E-state index is 10.6. The summed E-state index contributed by atoms with van der Waals surface area (Å²) in [6.07, 6.45) is 5.17. The molecule has 0 bridgehead atoms. The fraction of sp³-hybridized carbons (Fsp3) is 0.667. The lowest BCUT2D eigenvalue weighted by atomic mass is 10.2. The van der Waals surface area contributed by atoms with Gasteiger partial charge in [-0.1, -0.05) is 6.08 Å². The van der Waals surface area contributed by atoms with Gasteiger partial charge in [-0.05, 0) is 31.8 Å². The van der Waals surface area contributed by atoms with E-state index in [1.165, 1.54) is 12.0 Å². The first-order valence-corrected chi connectivity index (χ1v) is 4.29. The number of ether oxygens (including phenoxy) is 1. The van der Waals surface area contributed by atoms with E-state index in [1.807, 2.05) is 0 Å². The van der Waals surface area contributed by atoms with Crippen molar-refractivity contribution >= 4 is 5.91 Å². The Bertz CT molecular complexity index is 199. The van der Waals surface area contributed by atoms with Gasteiger partial charge in [0.15, 0.2) is 0 Å². The predicted molar refractivity (Wildman–Crippen MR) is 46.5 cm³/mol. The van der Waals surface area contributed by atoms with Crippen LogP contribution < -0.4 is 5.73 Å². The van der Waals surface area contributed by atoms with Gasteiger partial charge in [0.2, 0.25) is 5.91 Å². The molecule has 3 heteroatoms. The summed E-state index contributed by atoms with van der Waals surface area (Å²) >= 11 is 0. The molecule has 0 saturated heterocycles. The largest absolute Gasteiger partial charge is 0.367 e. The zero-order chi connectivity index (χ0) is 8.97. The summed E-state index contributed by atoms with van der Waals surface area (Å²) < 4.78 is 5.24. The summed E-state index contributed by atoms with van der Waals surface area (Å²) in [4.78, 5) is 10.6. The lowest BCUT2D eigenvalue weighted by Gasteiger charge is -2.09. The standard InChI is InChI=1S/C9H15NO2/c1-7(9(10)11)12-6-8-4-2-3-5-8/h4,7H,2-3,5-6H2,1H3,(H2,10,11)/t7-/m0/s1. The summed E-state index contributed by atoms with van der Waals surface area (Å²) in [7, 11) is 0. The third kappa shape index (κ3) is 2.66. The first-order chi connectivity index (χ1) is 5.70. The molecule has 12 heavy (non-hydrogen) atoms. The highest BCUT2D eigenvalue weighted by Gasteiger charge is 2.10. The Morgan fingerprint density at radius 1 is 1.83 bits per heavy atom. The molecule has 0 aromatic heterocycles. The number of hydrogen-bond acceptors (Lipinski definition) is 2. The van der Waals surface area contributed by atoms with Crippen LogP contribution in [0.2, 0.25) is 0 Å². The van der Waals surface area contributed by atoms with E-state index in [9.17, 15) is 4.79 Å². The number of rotatable bonds is 4. The van der Waals surface area contributed by atoms with E-state index >= 15 is 0 Å². The van der Waals surface area contributed by atoms with Crippen LogP contribution in [-0.2, 0) is 9.53 Å². The molecule has 0 unspecified atom stereocenters. The number of hydrogen-bond donors (Lipinski definition) is 1. The molecule has 3 nitrogen and oxygen atoms in total. The van der Waals surface area contributed by atoms with Crippen LogP contribution in [0, 0.1) is 0 Å². The second kappa shape index (κ2) is 4.26. The van der Waals surface area contributed by atoms with Gasteiger partial charge in [0.1, 0.15) is 6.10 Å². The molecular weight excluding hydrogens is 154 g/mol. The van der Waals surface area contributed by atoms with Gasteiger partial charge >= 0.3 is 0 Å². The second-order valence-corrected chi connectivity index (χ2v) is 3.11. The Morgan fingerprint density at radius 2 is 2.58 bits per heavy atom. The highest BCUT2D eigenvalue weighted by molar-refractivity contribution is 5.78. The van der Waals surface area contributed by atoms with Crippen LogP contribution in [0.4, 0.5) is 0 Å². The minimum Gasteiger partial charge on any atom is -0.367 e. The topological polar surface area (TPSA) is 52.3 Å².